The monoisotopic (exact) mass is 261 g/mol. The molecule has 4 rings (SSSR count). The van der Waals surface area contributed by atoms with Crippen molar-refractivity contribution >= 4 is 27.6 Å². The summed E-state index contributed by atoms with van der Waals surface area (Å²) in [5, 5.41) is 9.39. The number of fused-ring (bicyclic) bond motifs is 2. The predicted molar refractivity (Wildman–Crippen MR) is 78.6 cm³/mol. The van der Waals surface area contributed by atoms with E-state index < -0.39 is 0 Å². The average molecular weight is 261 g/mol. The molecule has 0 aliphatic rings. The molecular formula is C15H11N5. The molecule has 2 N–H and O–H groups in total. The SMILES string of the molecule is Nc1cccc2c(-n3nnc4ccccc43)ccnc12. The maximum absolute atomic E-state index is 5.98. The Balaban J connectivity index is 2.10. The van der Waals surface area contributed by atoms with Crippen LogP contribution in [0.4, 0.5) is 5.69 Å². The van der Waals surface area contributed by atoms with Gasteiger partial charge < -0.3 is 5.73 Å². The van der Waals surface area contributed by atoms with E-state index in [2.05, 4.69) is 15.3 Å². The van der Waals surface area contributed by atoms with Crippen molar-refractivity contribution < 1.29 is 0 Å². The third-order valence-corrected chi connectivity index (χ3v) is 3.36. The van der Waals surface area contributed by atoms with E-state index in [1.165, 1.54) is 0 Å². The quantitative estimate of drug-likeness (QED) is 0.534. The van der Waals surface area contributed by atoms with Crippen LogP contribution in [-0.4, -0.2) is 20.0 Å². The summed E-state index contributed by atoms with van der Waals surface area (Å²) < 4.78 is 1.82. The van der Waals surface area contributed by atoms with E-state index in [-0.39, 0.29) is 0 Å². The molecule has 20 heavy (non-hydrogen) atoms. The number of nitrogen functional groups attached to an aromatic ring is 1. The third-order valence-electron chi connectivity index (χ3n) is 3.36. The van der Waals surface area contributed by atoms with Gasteiger partial charge in [0.05, 0.1) is 22.4 Å². The van der Waals surface area contributed by atoms with E-state index in [0.29, 0.717) is 5.69 Å². The summed E-state index contributed by atoms with van der Waals surface area (Å²) in [4.78, 5) is 4.34. The second-order valence-electron chi connectivity index (χ2n) is 4.56. The lowest BCUT2D eigenvalue weighted by molar-refractivity contribution is 0.828. The van der Waals surface area contributed by atoms with Gasteiger partial charge in [0.2, 0.25) is 0 Å². The molecule has 2 aromatic heterocycles. The number of para-hydroxylation sites is 2. The number of nitrogens with zero attached hydrogens (tertiary/aromatic N) is 4. The largest absolute Gasteiger partial charge is 0.397 e. The molecular weight excluding hydrogens is 250 g/mol. The molecule has 2 aromatic carbocycles. The van der Waals surface area contributed by atoms with Crippen LogP contribution < -0.4 is 5.73 Å². The van der Waals surface area contributed by atoms with Gasteiger partial charge in [-0.05, 0) is 24.3 Å². The molecule has 4 aromatic rings. The first-order valence-corrected chi connectivity index (χ1v) is 6.28. The minimum Gasteiger partial charge on any atom is -0.397 e. The Morgan fingerprint density at radius 3 is 2.80 bits per heavy atom. The van der Waals surface area contributed by atoms with Crippen molar-refractivity contribution in [3.05, 3.63) is 54.7 Å². The summed E-state index contributed by atoms with van der Waals surface area (Å²) >= 11 is 0. The summed E-state index contributed by atoms with van der Waals surface area (Å²) in [5.74, 6) is 0. The normalized spacial score (nSPS) is 11.2. The van der Waals surface area contributed by atoms with Crippen LogP contribution in [0.25, 0.3) is 27.6 Å². The molecule has 0 unspecified atom stereocenters. The first-order valence-electron chi connectivity index (χ1n) is 6.28. The highest BCUT2D eigenvalue weighted by molar-refractivity contribution is 5.95. The van der Waals surface area contributed by atoms with Crippen molar-refractivity contribution in [3.8, 4) is 5.69 Å². The predicted octanol–water partition coefficient (Wildman–Crippen LogP) is 2.55. The first-order chi connectivity index (χ1) is 9.84. The molecule has 0 radical (unpaired) electrons. The van der Waals surface area contributed by atoms with Gasteiger partial charge in [0.1, 0.15) is 5.52 Å². The van der Waals surface area contributed by atoms with E-state index in [0.717, 1.165) is 27.6 Å². The van der Waals surface area contributed by atoms with E-state index >= 15 is 0 Å². The standard InChI is InChI=1S/C15H11N5/c16-11-5-3-4-10-13(8-9-17-15(10)11)20-14-7-2-1-6-12(14)18-19-20/h1-9H,16H2. The number of anilines is 1. The van der Waals surface area contributed by atoms with Gasteiger partial charge in [-0.1, -0.05) is 29.5 Å². The van der Waals surface area contributed by atoms with E-state index in [4.69, 9.17) is 5.73 Å². The summed E-state index contributed by atoms with van der Waals surface area (Å²) in [5.41, 5.74) is 10.2. The maximum atomic E-state index is 5.98. The third kappa shape index (κ3) is 1.46. The van der Waals surface area contributed by atoms with E-state index in [1.807, 2.05) is 53.2 Å². The van der Waals surface area contributed by atoms with Crippen LogP contribution in [0.5, 0.6) is 0 Å². The minimum atomic E-state index is 0.661. The Morgan fingerprint density at radius 2 is 1.85 bits per heavy atom. The fourth-order valence-corrected chi connectivity index (χ4v) is 2.42. The van der Waals surface area contributed by atoms with Crippen molar-refractivity contribution in [3.63, 3.8) is 0 Å². The summed E-state index contributed by atoms with van der Waals surface area (Å²) in [7, 11) is 0. The van der Waals surface area contributed by atoms with Gasteiger partial charge in [-0.3, -0.25) is 4.98 Å². The van der Waals surface area contributed by atoms with Crippen molar-refractivity contribution in [1.82, 2.24) is 20.0 Å². The highest BCUT2D eigenvalue weighted by Gasteiger charge is 2.10. The maximum Gasteiger partial charge on any atom is 0.113 e. The van der Waals surface area contributed by atoms with Gasteiger partial charge in [-0.2, -0.15) is 0 Å². The number of rotatable bonds is 1. The lowest BCUT2D eigenvalue weighted by atomic mass is 10.1. The van der Waals surface area contributed by atoms with Crippen LogP contribution in [0, 0.1) is 0 Å². The first kappa shape index (κ1) is 10.9. The Labute approximate surface area is 114 Å². The zero-order valence-electron chi connectivity index (χ0n) is 10.6. The molecule has 0 fully saturated rings. The molecule has 96 valence electrons. The topological polar surface area (TPSA) is 69.6 Å². The molecule has 5 nitrogen and oxygen atoms in total. The van der Waals surface area contributed by atoms with Crippen molar-refractivity contribution in [2.24, 2.45) is 0 Å². The smallest absolute Gasteiger partial charge is 0.113 e. The highest BCUT2D eigenvalue weighted by Crippen LogP contribution is 2.26. The van der Waals surface area contributed by atoms with Gasteiger partial charge in [0, 0.05) is 11.6 Å². The molecule has 0 amide bonds. The second kappa shape index (κ2) is 4.03. The van der Waals surface area contributed by atoms with Crippen LogP contribution in [0.15, 0.2) is 54.7 Å². The number of pyridine rings is 1. The summed E-state index contributed by atoms with van der Waals surface area (Å²) in [6.07, 6.45) is 1.74. The van der Waals surface area contributed by atoms with Crippen molar-refractivity contribution in [1.29, 1.82) is 0 Å². The Morgan fingerprint density at radius 1 is 0.950 bits per heavy atom. The fourth-order valence-electron chi connectivity index (χ4n) is 2.42. The molecule has 5 heteroatoms. The lowest BCUT2D eigenvalue weighted by Crippen LogP contribution is -1.99. The van der Waals surface area contributed by atoms with Crippen LogP contribution in [0.3, 0.4) is 0 Å². The summed E-state index contributed by atoms with van der Waals surface area (Å²) in [6, 6.07) is 15.5. The molecule has 0 saturated carbocycles. The van der Waals surface area contributed by atoms with E-state index in [1.54, 1.807) is 6.20 Å². The van der Waals surface area contributed by atoms with Crippen LogP contribution in [0.2, 0.25) is 0 Å². The van der Waals surface area contributed by atoms with Gasteiger partial charge >= 0.3 is 0 Å². The van der Waals surface area contributed by atoms with Crippen LogP contribution in [0.1, 0.15) is 0 Å². The Hall–Kier alpha value is -2.95. The molecule has 0 aliphatic heterocycles. The van der Waals surface area contributed by atoms with Crippen molar-refractivity contribution in [2.75, 3.05) is 5.73 Å². The Kier molecular flexibility index (Phi) is 2.20. The molecule has 2 heterocycles. The molecule has 0 atom stereocenters. The molecule has 0 bridgehead atoms. The van der Waals surface area contributed by atoms with Gasteiger partial charge in [-0.15, -0.1) is 5.10 Å². The number of benzene rings is 2. The minimum absolute atomic E-state index is 0.661. The van der Waals surface area contributed by atoms with E-state index in [9.17, 15) is 0 Å². The Bertz CT molecular complexity index is 926. The van der Waals surface area contributed by atoms with Gasteiger partial charge in [0.25, 0.3) is 0 Å². The van der Waals surface area contributed by atoms with Gasteiger partial charge in [0.15, 0.2) is 0 Å². The average Bonchev–Trinajstić information content (AvgIpc) is 2.91. The zero-order chi connectivity index (χ0) is 13.5. The van der Waals surface area contributed by atoms with Crippen molar-refractivity contribution in [2.45, 2.75) is 0 Å². The number of aromatic nitrogens is 4. The molecule has 0 spiro atoms. The molecule has 0 aliphatic carbocycles. The van der Waals surface area contributed by atoms with Gasteiger partial charge in [-0.25, -0.2) is 4.68 Å². The fraction of sp³-hybridized carbons (Fsp3) is 0. The van der Waals surface area contributed by atoms with Crippen LogP contribution in [-0.2, 0) is 0 Å². The number of hydrogen-bond acceptors (Lipinski definition) is 4. The lowest BCUT2D eigenvalue weighted by Gasteiger charge is -2.07. The van der Waals surface area contributed by atoms with Crippen LogP contribution >= 0.6 is 0 Å². The zero-order valence-corrected chi connectivity index (χ0v) is 10.6. The highest BCUT2D eigenvalue weighted by atomic mass is 15.4. The number of nitrogens with two attached hydrogens (primary N) is 1. The number of hydrogen-bond donors (Lipinski definition) is 1. The second-order valence-corrected chi connectivity index (χ2v) is 4.56. The summed E-state index contributed by atoms with van der Waals surface area (Å²) in [6.45, 7) is 0. The molecule has 0 saturated heterocycles.